The van der Waals surface area contributed by atoms with Crippen LogP contribution in [-0.4, -0.2) is 32.6 Å². The quantitative estimate of drug-likeness (QED) is 0.585. The molecule has 0 saturated heterocycles. The smallest absolute Gasteiger partial charge is 0.190 e. The van der Waals surface area contributed by atoms with Crippen LogP contribution in [0.25, 0.3) is 0 Å². The first-order chi connectivity index (χ1) is 9.02. The molecule has 19 heavy (non-hydrogen) atoms. The molecule has 0 aliphatic heterocycles. The van der Waals surface area contributed by atoms with Crippen LogP contribution in [0.2, 0.25) is 0 Å². The minimum atomic E-state index is -0.410. The molecular formula is C13H23N5S. The third-order valence-corrected chi connectivity index (χ3v) is 4.22. The predicted molar refractivity (Wildman–Crippen MR) is 78.0 cm³/mol. The van der Waals surface area contributed by atoms with Crippen molar-refractivity contribution in [1.29, 1.82) is 5.26 Å². The Morgan fingerprint density at radius 3 is 2.74 bits per heavy atom. The van der Waals surface area contributed by atoms with E-state index in [0.29, 0.717) is 0 Å². The summed E-state index contributed by atoms with van der Waals surface area (Å²) in [4.78, 5) is 0. The Morgan fingerprint density at radius 2 is 2.21 bits per heavy atom. The van der Waals surface area contributed by atoms with Crippen molar-refractivity contribution in [3.8, 4) is 6.07 Å². The van der Waals surface area contributed by atoms with Crippen LogP contribution in [0, 0.1) is 18.3 Å². The summed E-state index contributed by atoms with van der Waals surface area (Å²) >= 11 is 1.70. The minimum absolute atomic E-state index is 0.410. The van der Waals surface area contributed by atoms with Crippen LogP contribution >= 0.6 is 11.8 Å². The molecule has 6 heteroatoms. The Labute approximate surface area is 119 Å². The highest BCUT2D eigenvalue weighted by Gasteiger charge is 2.21. The molecule has 1 unspecified atom stereocenters. The minimum Gasteiger partial charge on any atom is -0.309 e. The van der Waals surface area contributed by atoms with Crippen LogP contribution in [0.15, 0.2) is 5.16 Å². The molecule has 0 amide bonds. The van der Waals surface area contributed by atoms with Gasteiger partial charge in [-0.3, -0.25) is 5.32 Å². The second-order valence-corrected chi connectivity index (χ2v) is 5.97. The van der Waals surface area contributed by atoms with Crippen molar-refractivity contribution >= 4 is 11.8 Å². The highest BCUT2D eigenvalue weighted by atomic mass is 32.2. The molecule has 0 aliphatic carbocycles. The van der Waals surface area contributed by atoms with Gasteiger partial charge in [-0.1, -0.05) is 18.7 Å². The topological polar surface area (TPSA) is 66.5 Å². The van der Waals surface area contributed by atoms with Crippen molar-refractivity contribution in [3.05, 3.63) is 5.82 Å². The molecule has 1 heterocycles. The Hall–Kier alpha value is -1.06. The zero-order valence-corrected chi connectivity index (χ0v) is 13.0. The lowest BCUT2D eigenvalue weighted by molar-refractivity contribution is 0.415. The number of nitrogens with zero attached hydrogens (tertiary/aromatic N) is 4. The fraction of sp³-hybridized carbons (Fsp3) is 0.769. The Kier molecular flexibility index (Phi) is 6.32. The lowest BCUT2D eigenvalue weighted by Gasteiger charge is -2.22. The van der Waals surface area contributed by atoms with E-state index < -0.39 is 5.54 Å². The van der Waals surface area contributed by atoms with Gasteiger partial charge >= 0.3 is 0 Å². The average molecular weight is 281 g/mol. The third-order valence-electron chi connectivity index (χ3n) is 3.12. The summed E-state index contributed by atoms with van der Waals surface area (Å²) in [5.74, 6) is 1.88. The number of nitriles is 1. The number of hydrogen-bond donors (Lipinski definition) is 1. The molecule has 5 nitrogen and oxygen atoms in total. The van der Waals surface area contributed by atoms with E-state index in [0.717, 1.165) is 42.5 Å². The molecule has 0 aliphatic rings. The standard InChI is InChI=1S/C13H23N5S/c1-5-8-15-13(3,10-14)7-6-9-19-12-17-16-11(2)18(12)4/h15H,5-9H2,1-4H3. The van der Waals surface area contributed by atoms with Gasteiger partial charge in [-0.05, 0) is 39.7 Å². The van der Waals surface area contributed by atoms with Gasteiger partial charge in [0.05, 0.1) is 6.07 Å². The maximum Gasteiger partial charge on any atom is 0.190 e. The largest absolute Gasteiger partial charge is 0.309 e. The average Bonchev–Trinajstić information content (AvgIpc) is 2.73. The number of aryl methyl sites for hydroxylation is 1. The van der Waals surface area contributed by atoms with Crippen LogP contribution < -0.4 is 5.32 Å². The summed E-state index contributed by atoms with van der Waals surface area (Å²) in [6.07, 6.45) is 2.88. The number of nitrogens with one attached hydrogen (secondary N) is 1. The van der Waals surface area contributed by atoms with Crippen LogP contribution in [0.4, 0.5) is 0 Å². The van der Waals surface area contributed by atoms with E-state index in [1.807, 2.05) is 25.5 Å². The zero-order valence-electron chi connectivity index (χ0n) is 12.2. The van der Waals surface area contributed by atoms with Crippen molar-refractivity contribution in [3.63, 3.8) is 0 Å². The normalized spacial score (nSPS) is 14.1. The Bertz CT molecular complexity index is 437. The van der Waals surface area contributed by atoms with Gasteiger partial charge in [0.2, 0.25) is 0 Å². The van der Waals surface area contributed by atoms with Crippen LogP contribution in [0.5, 0.6) is 0 Å². The molecule has 1 N–H and O–H groups in total. The van der Waals surface area contributed by atoms with Gasteiger partial charge in [-0.25, -0.2) is 0 Å². The predicted octanol–water partition coefficient (Wildman–Crippen LogP) is 2.28. The molecule has 1 aromatic heterocycles. The highest BCUT2D eigenvalue weighted by molar-refractivity contribution is 7.99. The van der Waals surface area contributed by atoms with Crippen molar-refractivity contribution in [1.82, 2.24) is 20.1 Å². The highest BCUT2D eigenvalue weighted by Crippen LogP contribution is 2.19. The maximum absolute atomic E-state index is 9.23. The van der Waals surface area contributed by atoms with Crippen molar-refractivity contribution in [2.45, 2.75) is 50.7 Å². The summed E-state index contributed by atoms with van der Waals surface area (Å²) in [6, 6.07) is 2.37. The summed E-state index contributed by atoms with van der Waals surface area (Å²) < 4.78 is 1.99. The van der Waals surface area contributed by atoms with Gasteiger partial charge < -0.3 is 4.57 Å². The molecule has 1 atom stereocenters. The summed E-state index contributed by atoms with van der Waals surface area (Å²) in [6.45, 7) is 6.91. The number of hydrogen-bond acceptors (Lipinski definition) is 5. The van der Waals surface area contributed by atoms with Crippen LogP contribution in [0.1, 0.15) is 38.9 Å². The van der Waals surface area contributed by atoms with Gasteiger partial charge in [0, 0.05) is 12.8 Å². The Balaban J connectivity index is 2.33. The first-order valence-electron chi connectivity index (χ1n) is 6.67. The number of aromatic nitrogens is 3. The first kappa shape index (κ1) is 16.0. The molecule has 106 valence electrons. The molecule has 1 aromatic rings. The van der Waals surface area contributed by atoms with Gasteiger partial charge in [-0.2, -0.15) is 5.26 Å². The van der Waals surface area contributed by atoms with Crippen molar-refractivity contribution < 1.29 is 0 Å². The van der Waals surface area contributed by atoms with Crippen molar-refractivity contribution in [2.75, 3.05) is 12.3 Å². The first-order valence-corrected chi connectivity index (χ1v) is 7.66. The zero-order chi connectivity index (χ0) is 14.3. The second kappa shape index (κ2) is 7.51. The monoisotopic (exact) mass is 281 g/mol. The van der Waals surface area contributed by atoms with Crippen LogP contribution in [0.3, 0.4) is 0 Å². The molecule has 0 saturated carbocycles. The molecule has 0 bridgehead atoms. The number of thioether (sulfide) groups is 1. The molecule has 0 fully saturated rings. The summed E-state index contributed by atoms with van der Waals surface area (Å²) in [5, 5.41) is 21.6. The fourth-order valence-electron chi connectivity index (χ4n) is 1.69. The van der Waals surface area contributed by atoms with E-state index in [9.17, 15) is 5.26 Å². The van der Waals surface area contributed by atoms with E-state index in [4.69, 9.17) is 0 Å². The molecule has 0 spiro atoms. The number of rotatable bonds is 8. The van der Waals surface area contributed by atoms with E-state index in [1.54, 1.807) is 11.8 Å². The lowest BCUT2D eigenvalue weighted by atomic mass is 9.98. The van der Waals surface area contributed by atoms with E-state index in [1.165, 1.54) is 0 Å². The lowest BCUT2D eigenvalue weighted by Crippen LogP contribution is -2.41. The van der Waals surface area contributed by atoms with Gasteiger partial charge in [-0.15, -0.1) is 10.2 Å². The molecule has 0 radical (unpaired) electrons. The van der Waals surface area contributed by atoms with Crippen LogP contribution in [-0.2, 0) is 7.05 Å². The van der Waals surface area contributed by atoms with E-state index >= 15 is 0 Å². The molecule has 1 rings (SSSR count). The SMILES string of the molecule is CCCNC(C)(C#N)CCCSc1nnc(C)n1C. The fourth-order valence-corrected chi connectivity index (χ4v) is 2.58. The van der Waals surface area contributed by atoms with Crippen molar-refractivity contribution in [2.24, 2.45) is 7.05 Å². The summed E-state index contributed by atoms with van der Waals surface area (Å²) in [5.41, 5.74) is -0.410. The molecule has 0 aromatic carbocycles. The Morgan fingerprint density at radius 1 is 1.47 bits per heavy atom. The van der Waals surface area contributed by atoms with E-state index in [-0.39, 0.29) is 0 Å². The van der Waals surface area contributed by atoms with Gasteiger partial charge in [0.1, 0.15) is 11.4 Å². The van der Waals surface area contributed by atoms with Gasteiger partial charge in [0.25, 0.3) is 0 Å². The summed E-state index contributed by atoms with van der Waals surface area (Å²) in [7, 11) is 1.97. The second-order valence-electron chi connectivity index (χ2n) is 4.91. The maximum atomic E-state index is 9.23. The van der Waals surface area contributed by atoms with E-state index in [2.05, 4.69) is 28.5 Å². The third kappa shape index (κ3) is 4.84. The van der Waals surface area contributed by atoms with Gasteiger partial charge in [0.15, 0.2) is 5.16 Å². The molecular weight excluding hydrogens is 258 g/mol.